The van der Waals surface area contributed by atoms with Gasteiger partial charge in [-0.1, -0.05) is 6.07 Å². The number of hydrogen-bond donors (Lipinski definition) is 1. The van der Waals surface area contributed by atoms with Crippen LogP contribution in [-0.2, 0) is 11.3 Å². The first kappa shape index (κ1) is 13.5. The molecule has 1 N–H and O–H groups in total. The zero-order valence-corrected chi connectivity index (χ0v) is 11.7. The fraction of sp³-hybridized carbons (Fsp3) is 0.308. The van der Waals surface area contributed by atoms with E-state index in [2.05, 4.69) is 15.3 Å². The molecule has 19 heavy (non-hydrogen) atoms. The van der Waals surface area contributed by atoms with Gasteiger partial charge < -0.3 is 10.1 Å². The van der Waals surface area contributed by atoms with Crippen molar-refractivity contribution < 1.29 is 9.53 Å². The van der Waals surface area contributed by atoms with Gasteiger partial charge in [-0.2, -0.15) is 0 Å². The summed E-state index contributed by atoms with van der Waals surface area (Å²) in [5.41, 5.74) is 2.25. The van der Waals surface area contributed by atoms with E-state index < -0.39 is 0 Å². The molecule has 0 saturated heterocycles. The molecule has 0 atom stereocenters. The van der Waals surface area contributed by atoms with Crippen molar-refractivity contribution in [1.29, 1.82) is 0 Å². The van der Waals surface area contributed by atoms with Gasteiger partial charge in [0.15, 0.2) is 10.8 Å². The molecule has 2 heterocycles. The molecule has 0 aliphatic rings. The summed E-state index contributed by atoms with van der Waals surface area (Å²) in [4.78, 5) is 20.0. The fourth-order valence-electron chi connectivity index (χ4n) is 1.52. The van der Waals surface area contributed by atoms with E-state index >= 15 is 0 Å². The number of thiazole rings is 1. The van der Waals surface area contributed by atoms with Gasteiger partial charge in [0, 0.05) is 11.1 Å². The first-order chi connectivity index (χ1) is 9.19. The topological polar surface area (TPSA) is 64.1 Å². The van der Waals surface area contributed by atoms with E-state index in [9.17, 15) is 4.79 Å². The normalized spacial score (nSPS) is 10.2. The van der Waals surface area contributed by atoms with Crippen LogP contribution in [0, 0.1) is 6.92 Å². The van der Waals surface area contributed by atoms with Crippen molar-refractivity contribution in [3.05, 3.63) is 40.7 Å². The molecule has 100 valence electrons. The molecule has 5 nitrogen and oxygen atoms in total. The molecule has 0 bridgehead atoms. The first-order valence-electron chi connectivity index (χ1n) is 5.98. The van der Waals surface area contributed by atoms with Crippen LogP contribution in [-0.4, -0.2) is 22.5 Å². The Morgan fingerprint density at radius 1 is 1.42 bits per heavy atom. The SMILES string of the molecule is CCOC(=O)c1csc(NCc2cccc(C)n2)n1. The van der Waals surface area contributed by atoms with Gasteiger partial charge in [0.1, 0.15) is 0 Å². The van der Waals surface area contributed by atoms with Gasteiger partial charge in [0.05, 0.1) is 18.8 Å². The second-order valence-electron chi connectivity index (χ2n) is 3.88. The Morgan fingerprint density at radius 2 is 2.26 bits per heavy atom. The van der Waals surface area contributed by atoms with Gasteiger partial charge in [-0.15, -0.1) is 11.3 Å². The molecule has 2 aromatic rings. The summed E-state index contributed by atoms with van der Waals surface area (Å²) in [6, 6.07) is 5.86. The number of anilines is 1. The number of aromatic nitrogens is 2. The van der Waals surface area contributed by atoms with Gasteiger partial charge >= 0.3 is 5.97 Å². The van der Waals surface area contributed by atoms with Gasteiger partial charge in [0.2, 0.25) is 0 Å². The number of nitrogens with one attached hydrogen (secondary N) is 1. The second-order valence-corrected chi connectivity index (χ2v) is 4.74. The lowest BCUT2D eigenvalue weighted by atomic mass is 10.3. The summed E-state index contributed by atoms with van der Waals surface area (Å²) in [6.45, 7) is 4.66. The summed E-state index contributed by atoms with van der Waals surface area (Å²) in [5, 5.41) is 5.51. The van der Waals surface area contributed by atoms with E-state index in [4.69, 9.17) is 4.74 Å². The Hall–Kier alpha value is -1.95. The number of esters is 1. The smallest absolute Gasteiger partial charge is 0.357 e. The van der Waals surface area contributed by atoms with Crippen LogP contribution in [0.25, 0.3) is 0 Å². The van der Waals surface area contributed by atoms with Crippen LogP contribution in [0.3, 0.4) is 0 Å². The van der Waals surface area contributed by atoms with Gasteiger partial charge in [-0.05, 0) is 26.0 Å². The Morgan fingerprint density at radius 3 is 3.00 bits per heavy atom. The van der Waals surface area contributed by atoms with Crippen LogP contribution in [0.2, 0.25) is 0 Å². The predicted molar refractivity (Wildman–Crippen MR) is 74.4 cm³/mol. The highest BCUT2D eigenvalue weighted by Gasteiger charge is 2.11. The van der Waals surface area contributed by atoms with E-state index in [0.717, 1.165) is 11.4 Å². The molecule has 6 heteroatoms. The highest BCUT2D eigenvalue weighted by molar-refractivity contribution is 7.13. The maximum atomic E-state index is 11.5. The molecule has 0 spiro atoms. The van der Waals surface area contributed by atoms with E-state index in [1.165, 1.54) is 11.3 Å². The summed E-state index contributed by atoms with van der Waals surface area (Å²) in [7, 11) is 0. The first-order valence-corrected chi connectivity index (χ1v) is 6.86. The molecule has 0 unspecified atom stereocenters. The van der Waals surface area contributed by atoms with E-state index in [-0.39, 0.29) is 5.97 Å². The van der Waals surface area contributed by atoms with E-state index in [1.54, 1.807) is 12.3 Å². The minimum Gasteiger partial charge on any atom is -0.461 e. The summed E-state index contributed by atoms with van der Waals surface area (Å²) >= 11 is 1.38. The average molecular weight is 277 g/mol. The molecular formula is C13H15N3O2S. The van der Waals surface area contributed by atoms with Crippen molar-refractivity contribution in [3.8, 4) is 0 Å². The number of aryl methyl sites for hydroxylation is 1. The Bertz CT molecular complexity index is 569. The van der Waals surface area contributed by atoms with Crippen molar-refractivity contribution in [3.63, 3.8) is 0 Å². The van der Waals surface area contributed by atoms with Gasteiger partial charge in [-0.25, -0.2) is 9.78 Å². The van der Waals surface area contributed by atoms with E-state index in [1.807, 2.05) is 25.1 Å². The molecule has 0 aromatic carbocycles. The lowest BCUT2D eigenvalue weighted by Gasteiger charge is -2.02. The Balaban J connectivity index is 1.95. The van der Waals surface area contributed by atoms with Gasteiger partial charge in [-0.3, -0.25) is 4.98 Å². The summed E-state index contributed by atoms with van der Waals surface area (Å²) in [5.74, 6) is -0.388. The zero-order chi connectivity index (χ0) is 13.7. The predicted octanol–water partition coefficient (Wildman–Crippen LogP) is 2.64. The third kappa shape index (κ3) is 3.75. The standard InChI is InChI=1S/C13H15N3O2S/c1-3-18-12(17)11-8-19-13(16-11)14-7-10-6-4-5-9(2)15-10/h4-6,8H,3,7H2,1-2H3,(H,14,16). The Labute approximate surface area is 115 Å². The number of carbonyl (C=O) groups is 1. The van der Waals surface area contributed by atoms with Crippen LogP contribution in [0.15, 0.2) is 23.6 Å². The number of nitrogens with zero attached hydrogens (tertiary/aromatic N) is 2. The third-order valence-corrected chi connectivity index (χ3v) is 3.16. The van der Waals surface area contributed by atoms with E-state index in [0.29, 0.717) is 24.0 Å². The van der Waals surface area contributed by atoms with Gasteiger partial charge in [0.25, 0.3) is 0 Å². The number of rotatable bonds is 5. The third-order valence-electron chi connectivity index (χ3n) is 2.36. The highest BCUT2D eigenvalue weighted by Crippen LogP contribution is 2.16. The summed E-state index contributed by atoms with van der Waals surface area (Å²) in [6.07, 6.45) is 0. The number of carbonyl (C=O) groups excluding carboxylic acids is 1. The molecule has 2 rings (SSSR count). The maximum absolute atomic E-state index is 11.5. The largest absolute Gasteiger partial charge is 0.461 e. The van der Waals surface area contributed by atoms with Crippen molar-refractivity contribution in [1.82, 2.24) is 9.97 Å². The van der Waals surface area contributed by atoms with Crippen LogP contribution >= 0.6 is 11.3 Å². The van der Waals surface area contributed by atoms with Crippen molar-refractivity contribution in [2.24, 2.45) is 0 Å². The minimum atomic E-state index is -0.388. The van der Waals surface area contributed by atoms with Crippen LogP contribution in [0.1, 0.15) is 28.8 Å². The van der Waals surface area contributed by atoms with Crippen molar-refractivity contribution >= 4 is 22.4 Å². The second kappa shape index (κ2) is 6.29. The fourth-order valence-corrected chi connectivity index (χ4v) is 2.20. The monoisotopic (exact) mass is 277 g/mol. The quantitative estimate of drug-likeness (QED) is 0.851. The highest BCUT2D eigenvalue weighted by atomic mass is 32.1. The van der Waals surface area contributed by atoms with Crippen LogP contribution < -0.4 is 5.32 Å². The molecule has 2 aromatic heterocycles. The minimum absolute atomic E-state index is 0.339. The molecule has 0 fully saturated rings. The molecule has 0 saturated carbocycles. The molecule has 0 aliphatic carbocycles. The molecule has 0 amide bonds. The maximum Gasteiger partial charge on any atom is 0.357 e. The lowest BCUT2D eigenvalue weighted by molar-refractivity contribution is 0.0520. The Kier molecular flexibility index (Phi) is 4.46. The number of ether oxygens (including phenoxy) is 1. The average Bonchev–Trinajstić information content (AvgIpc) is 2.86. The van der Waals surface area contributed by atoms with Crippen LogP contribution in [0.5, 0.6) is 0 Å². The lowest BCUT2D eigenvalue weighted by Crippen LogP contribution is -2.06. The zero-order valence-electron chi connectivity index (χ0n) is 10.8. The molecular weight excluding hydrogens is 262 g/mol. The summed E-state index contributed by atoms with van der Waals surface area (Å²) < 4.78 is 4.88. The van der Waals surface area contributed by atoms with Crippen LogP contribution in [0.4, 0.5) is 5.13 Å². The molecule has 0 aliphatic heterocycles. The van der Waals surface area contributed by atoms with Crippen molar-refractivity contribution in [2.45, 2.75) is 20.4 Å². The molecule has 0 radical (unpaired) electrons. The number of hydrogen-bond acceptors (Lipinski definition) is 6. The van der Waals surface area contributed by atoms with Crippen molar-refractivity contribution in [2.75, 3.05) is 11.9 Å². The number of pyridine rings is 1.